The van der Waals surface area contributed by atoms with Gasteiger partial charge in [-0.2, -0.15) is 5.10 Å². The van der Waals surface area contributed by atoms with E-state index in [1.807, 2.05) is 35.0 Å². The predicted octanol–water partition coefficient (Wildman–Crippen LogP) is 5.16. The van der Waals surface area contributed by atoms with E-state index in [1.165, 1.54) is 0 Å². The van der Waals surface area contributed by atoms with Crippen LogP contribution < -0.4 is 9.54 Å². The molecule has 1 heterocycles. The van der Waals surface area contributed by atoms with Crippen molar-refractivity contribution in [3.05, 3.63) is 67.2 Å². The first-order valence-electron chi connectivity index (χ1n) is 7.39. The lowest BCUT2D eigenvalue weighted by Gasteiger charge is -2.06. The summed E-state index contributed by atoms with van der Waals surface area (Å²) in [6.07, 6.45) is 1.79. The second kappa shape index (κ2) is 8.12. The number of benzene rings is 2. The highest BCUT2D eigenvalue weighted by molar-refractivity contribution is 9.10. The van der Waals surface area contributed by atoms with Gasteiger partial charge in [0.15, 0.2) is 0 Å². The summed E-state index contributed by atoms with van der Waals surface area (Å²) in [4.78, 5) is 5.15. The smallest absolute Gasteiger partial charge is 0.205 e. The van der Waals surface area contributed by atoms with Gasteiger partial charge in [0.2, 0.25) is 4.80 Å². The van der Waals surface area contributed by atoms with Gasteiger partial charge in [0.1, 0.15) is 5.75 Å². The Bertz CT molecular complexity index is 975. The minimum absolute atomic E-state index is 0.767. The van der Waals surface area contributed by atoms with Crippen LogP contribution in [0.25, 0.3) is 11.3 Å². The Morgan fingerprint density at radius 3 is 2.48 bits per heavy atom. The quantitative estimate of drug-likeness (QED) is 0.475. The average molecular weight is 481 g/mol. The third-order valence-electron chi connectivity index (χ3n) is 3.52. The second-order valence-electron chi connectivity index (χ2n) is 5.08. The van der Waals surface area contributed by atoms with Gasteiger partial charge >= 0.3 is 0 Å². The van der Waals surface area contributed by atoms with Gasteiger partial charge < -0.3 is 4.74 Å². The molecule has 0 aliphatic heterocycles. The zero-order chi connectivity index (χ0) is 17.8. The summed E-state index contributed by atoms with van der Waals surface area (Å²) in [6.45, 7) is 0. The first-order chi connectivity index (χ1) is 12.1. The molecule has 0 radical (unpaired) electrons. The first-order valence-corrected chi connectivity index (χ1v) is 9.86. The van der Waals surface area contributed by atoms with Crippen molar-refractivity contribution in [1.82, 2.24) is 4.68 Å². The van der Waals surface area contributed by atoms with E-state index >= 15 is 0 Å². The molecular weight excluding hydrogens is 466 g/mol. The van der Waals surface area contributed by atoms with Crippen molar-refractivity contribution < 1.29 is 4.74 Å². The molecule has 0 aliphatic carbocycles. The van der Waals surface area contributed by atoms with E-state index in [9.17, 15) is 0 Å². The van der Waals surface area contributed by atoms with Crippen LogP contribution in [0.2, 0.25) is 0 Å². The maximum absolute atomic E-state index is 5.41. The number of hydrogen-bond donors (Lipinski definition) is 0. The second-order valence-corrected chi connectivity index (χ2v) is 7.74. The number of nitrogens with zero attached hydrogens (tertiary/aromatic N) is 3. The molecule has 0 amide bonds. The van der Waals surface area contributed by atoms with Crippen molar-refractivity contribution in [1.29, 1.82) is 0 Å². The van der Waals surface area contributed by atoms with Crippen LogP contribution in [0, 0.1) is 0 Å². The zero-order valence-corrected chi connectivity index (χ0v) is 17.6. The van der Waals surface area contributed by atoms with Crippen LogP contribution in [-0.4, -0.2) is 25.0 Å². The topological polar surface area (TPSA) is 38.9 Å². The Kier molecular flexibility index (Phi) is 5.88. The van der Waals surface area contributed by atoms with Crippen molar-refractivity contribution in [3.8, 4) is 17.0 Å². The average Bonchev–Trinajstić information content (AvgIpc) is 3.03. The highest BCUT2D eigenvalue weighted by atomic mass is 79.9. The Balaban J connectivity index is 2.07. The molecule has 0 bridgehead atoms. The zero-order valence-electron chi connectivity index (χ0n) is 13.6. The molecule has 25 heavy (non-hydrogen) atoms. The van der Waals surface area contributed by atoms with Crippen LogP contribution in [0.3, 0.4) is 0 Å². The first kappa shape index (κ1) is 18.1. The summed E-state index contributed by atoms with van der Waals surface area (Å²) in [7, 11) is 3.42. The van der Waals surface area contributed by atoms with Crippen molar-refractivity contribution in [2.75, 3.05) is 14.2 Å². The molecule has 3 rings (SSSR count). The summed E-state index contributed by atoms with van der Waals surface area (Å²) < 4.78 is 9.26. The lowest BCUT2D eigenvalue weighted by Crippen LogP contribution is -2.11. The van der Waals surface area contributed by atoms with Gasteiger partial charge in [-0.15, -0.1) is 11.3 Å². The Morgan fingerprint density at radius 2 is 1.80 bits per heavy atom. The van der Waals surface area contributed by atoms with E-state index in [-0.39, 0.29) is 0 Å². The van der Waals surface area contributed by atoms with Crippen LogP contribution in [-0.2, 0) is 0 Å². The molecule has 0 aliphatic rings. The van der Waals surface area contributed by atoms with E-state index in [2.05, 4.69) is 59.5 Å². The number of thiazole rings is 1. The van der Waals surface area contributed by atoms with Gasteiger partial charge in [-0.25, -0.2) is 4.68 Å². The molecule has 2 aromatic carbocycles. The Labute approximate surface area is 166 Å². The molecule has 0 unspecified atom stereocenters. The van der Waals surface area contributed by atoms with Gasteiger partial charge in [0.25, 0.3) is 0 Å². The molecule has 7 heteroatoms. The van der Waals surface area contributed by atoms with Crippen LogP contribution in [0.4, 0.5) is 0 Å². The molecule has 0 N–H and O–H groups in total. The number of rotatable bonds is 4. The summed E-state index contributed by atoms with van der Waals surface area (Å²) in [5.74, 6) is 0.767. The standard InChI is InChI=1S/C18H15Br2N3OS/c1-21-18-23(16(11-25-18)12-3-5-14(19)6-4-12)22-10-13-9-15(20)7-8-17(13)24-2/h3-11H,1-2H3/b21-18?,22-10-. The van der Waals surface area contributed by atoms with Gasteiger partial charge in [-0.05, 0) is 30.3 Å². The minimum Gasteiger partial charge on any atom is -0.496 e. The molecule has 0 atom stereocenters. The molecule has 0 fully saturated rings. The summed E-state index contributed by atoms with van der Waals surface area (Å²) in [5.41, 5.74) is 2.95. The molecule has 0 saturated heterocycles. The largest absolute Gasteiger partial charge is 0.496 e. The van der Waals surface area contributed by atoms with E-state index in [1.54, 1.807) is 31.7 Å². The monoisotopic (exact) mass is 479 g/mol. The number of halogens is 2. The van der Waals surface area contributed by atoms with Crippen LogP contribution in [0.5, 0.6) is 5.75 Å². The van der Waals surface area contributed by atoms with E-state index in [0.29, 0.717) is 0 Å². The van der Waals surface area contributed by atoms with Crippen molar-refractivity contribution in [2.45, 2.75) is 0 Å². The third kappa shape index (κ3) is 4.11. The van der Waals surface area contributed by atoms with Crippen molar-refractivity contribution >= 4 is 49.4 Å². The minimum atomic E-state index is 0.767. The van der Waals surface area contributed by atoms with E-state index in [0.717, 1.165) is 36.3 Å². The van der Waals surface area contributed by atoms with Crippen LogP contribution >= 0.6 is 43.2 Å². The molecule has 0 spiro atoms. The lowest BCUT2D eigenvalue weighted by molar-refractivity contribution is 0.414. The molecule has 3 aromatic rings. The lowest BCUT2D eigenvalue weighted by atomic mass is 10.2. The number of hydrogen-bond acceptors (Lipinski definition) is 4. The fraction of sp³-hybridized carbons (Fsp3) is 0.111. The maximum Gasteiger partial charge on any atom is 0.205 e. The fourth-order valence-corrected chi connectivity index (χ4v) is 3.75. The molecule has 0 saturated carbocycles. The summed E-state index contributed by atoms with van der Waals surface area (Å²) in [5, 5.41) is 6.71. The van der Waals surface area contributed by atoms with E-state index < -0.39 is 0 Å². The Morgan fingerprint density at radius 1 is 1.08 bits per heavy atom. The van der Waals surface area contributed by atoms with E-state index in [4.69, 9.17) is 4.74 Å². The van der Waals surface area contributed by atoms with Gasteiger partial charge in [-0.3, -0.25) is 4.99 Å². The molecule has 128 valence electrons. The van der Waals surface area contributed by atoms with Crippen LogP contribution in [0.15, 0.2) is 66.9 Å². The Hall–Kier alpha value is -1.70. The molecule has 4 nitrogen and oxygen atoms in total. The SMILES string of the molecule is CN=c1scc(-c2ccc(Br)cc2)n1/N=C\c1cc(Br)ccc1OC. The molecule has 1 aromatic heterocycles. The number of methoxy groups -OCH3 is 1. The molecular formula is C18H15Br2N3OS. The maximum atomic E-state index is 5.41. The van der Waals surface area contributed by atoms with Crippen LogP contribution in [0.1, 0.15) is 5.56 Å². The third-order valence-corrected chi connectivity index (χ3v) is 5.45. The predicted molar refractivity (Wildman–Crippen MR) is 111 cm³/mol. The van der Waals surface area contributed by atoms with Gasteiger partial charge in [-0.1, -0.05) is 44.0 Å². The number of aromatic nitrogens is 1. The van der Waals surface area contributed by atoms with Crippen molar-refractivity contribution in [3.63, 3.8) is 0 Å². The highest BCUT2D eigenvalue weighted by Gasteiger charge is 2.08. The van der Waals surface area contributed by atoms with Gasteiger partial charge in [0, 0.05) is 32.5 Å². The van der Waals surface area contributed by atoms with Crippen molar-refractivity contribution in [2.24, 2.45) is 10.1 Å². The fourth-order valence-electron chi connectivity index (χ4n) is 2.31. The summed E-state index contributed by atoms with van der Waals surface area (Å²) in [6, 6.07) is 14.0. The normalized spacial score (nSPS) is 12.1. The highest BCUT2D eigenvalue weighted by Crippen LogP contribution is 2.24. The van der Waals surface area contributed by atoms with Gasteiger partial charge in [0.05, 0.1) is 19.0 Å². The number of ether oxygens (including phenoxy) is 1. The summed E-state index contributed by atoms with van der Waals surface area (Å²) >= 11 is 8.51.